The minimum atomic E-state index is -4.73. The predicted octanol–water partition coefficient (Wildman–Crippen LogP) is 6.64. The van der Waals surface area contributed by atoms with Gasteiger partial charge in [0.2, 0.25) is 16.3 Å². The minimum absolute atomic E-state index is 0.0283. The molecule has 0 aromatic heterocycles. The van der Waals surface area contributed by atoms with Gasteiger partial charge in [-0.15, -0.1) is 0 Å². The molecular weight excluding hydrogens is 486 g/mol. The summed E-state index contributed by atoms with van der Waals surface area (Å²) < 4.78 is 38.5. The normalized spacial score (nSPS) is 28.8. The Morgan fingerprint density at radius 1 is 1.14 bits per heavy atom. The van der Waals surface area contributed by atoms with Gasteiger partial charge < -0.3 is 9.45 Å². The summed E-state index contributed by atoms with van der Waals surface area (Å²) in [6, 6.07) is 0. The molecule has 1 aliphatic heterocycles. The molecule has 0 aromatic rings. The molecule has 7 heteroatoms. The number of fused-ring (bicyclic) bond motifs is 1. The van der Waals surface area contributed by atoms with Gasteiger partial charge in [-0.25, -0.2) is 8.42 Å². The first-order chi connectivity index (χ1) is 17.2. The zero-order valence-corrected chi connectivity index (χ0v) is 24.9. The lowest BCUT2D eigenvalue weighted by Gasteiger charge is -2.53. The van der Waals surface area contributed by atoms with Crippen LogP contribution in [-0.4, -0.2) is 43.5 Å². The summed E-state index contributed by atoms with van der Waals surface area (Å²) in [7, 11) is -4.73. The van der Waals surface area contributed by atoms with Gasteiger partial charge in [0.15, 0.2) is 0 Å². The van der Waals surface area contributed by atoms with E-state index in [-0.39, 0.29) is 23.8 Å². The van der Waals surface area contributed by atoms with Crippen molar-refractivity contribution in [1.82, 2.24) is 4.90 Å². The highest BCUT2D eigenvalue weighted by atomic mass is 32.3. The zero-order chi connectivity index (χ0) is 27.4. The molecule has 0 spiro atoms. The number of rotatable bonds is 13. The highest BCUT2D eigenvalue weighted by Crippen LogP contribution is 2.58. The number of carbonyl (C=O) groups excluding carboxylic acids is 1. The summed E-state index contributed by atoms with van der Waals surface area (Å²) in [5.74, 6) is 1.84. The molecule has 212 valence electrons. The first-order valence-electron chi connectivity index (χ1n) is 14.5. The molecule has 4 atom stereocenters. The average Bonchev–Trinajstić information content (AvgIpc) is 3.15. The van der Waals surface area contributed by atoms with Crippen LogP contribution in [0, 0.1) is 34.5 Å². The molecule has 0 aromatic carbocycles. The molecule has 0 N–H and O–H groups in total. The summed E-state index contributed by atoms with van der Waals surface area (Å²) in [4.78, 5) is 14.7. The summed E-state index contributed by atoms with van der Waals surface area (Å²) in [6.45, 7) is 15.3. The summed E-state index contributed by atoms with van der Waals surface area (Å²) in [5.41, 5.74) is 2.86. The fourth-order valence-corrected chi connectivity index (χ4v) is 7.27. The lowest BCUT2D eigenvalue weighted by molar-refractivity contribution is -0.125. The molecule has 0 saturated heterocycles. The Morgan fingerprint density at radius 2 is 1.86 bits per heavy atom. The van der Waals surface area contributed by atoms with Crippen LogP contribution < -0.4 is 0 Å². The largest absolute Gasteiger partial charge is 0.726 e. The number of hydrogen-bond acceptors (Lipinski definition) is 5. The van der Waals surface area contributed by atoms with Crippen LogP contribution in [-0.2, 0) is 19.4 Å². The van der Waals surface area contributed by atoms with E-state index < -0.39 is 10.4 Å². The second-order valence-electron chi connectivity index (χ2n) is 13.3. The van der Waals surface area contributed by atoms with Gasteiger partial charge in [-0.1, -0.05) is 59.3 Å². The molecule has 3 rings (SSSR count). The fourth-order valence-electron chi connectivity index (χ4n) is 6.91. The summed E-state index contributed by atoms with van der Waals surface area (Å²) in [6.07, 6.45) is 14.3. The quantitative estimate of drug-likeness (QED) is 0.150. The molecule has 1 amide bonds. The molecule has 1 fully saturated rings. The zero-order valence-electron chi connectivity index (χ0n) is 24.1. The van der Waals surface area contributed by atoms with Gasteiger partial charge in [0, 0.05) is 18.7 Å². The fraction of sp³-hybridized carbons (Fsp3) is 0.833. The molecule has 6 nitrogen and oxygen atoms in total. The number of amides is 1. The lowest BCUT2D eigenvalue weighted by Crippen LogP contribution is -2.43. The SMILES string of the molecule is CC(C)CCN1CC=C(CCCC(CC[C@@]2(C)C3=CCCC(C)(C)[C@@H]3CC[C@H]2C)COS(=O)(=O)[O-])C1=O. The van der Waals surface area contributed by atoms with Gasteiger partial charge in [0.25, 0.3) is 0 Å². The van der Waals surface area contributed by atoms with Crippen LogP contribution in [0.3, 0.4) is 0 Å². The van der Waals surface area contributed by atoms with Crippen molar-refractivity contribution < 1.29 is 21.9 Å². The second kappa shape index (κ2) is 12.3. The van der Waals surface area contributed by atoms with Crippen LogP contribution in [0.4, 0.5) is 0 Å². The van der Waals surface area contributed by atoms with Gasteiger partial charge in [0.1, 0.15) is 0 Å². The summed E-state index contributed by atoms with van der Waals surface area (Å²) in [5, 5.41) is 0. The Kier molecular flexibility index (Phi) is 10.1. The number of hydrogen-bond donors (Lipinski definition) is 0. The van der Waals surface area contributed by atoms with Crippen molar-refractivity contribution in [2.24, 2.45) is 34.5 Å². The van der Waals surface area contributed by atoms with Crippen molar-refractivity contribution in [1.29, 1.82) is 0 Å². The third kappa shape index (κ3) is 7.92. The smallest absolute Gasteiger partial charge is 0.249 e. The second-order valence-corrected chi connectivity index (χ2v) is 14.3. The highest BCUT2D eigenvalue weighted by Gasteiger charge is 2.47. The van der Waals surface area contributed by atoms with Crippen LogP contribution >= 0.6 is 0 Å². The topological polar surface area (TPSA) is 86.7 Å². The Balaban J connectivity index is 1.61. The van der Waals surface area contributed by atoms with Gasteiger partial charge in [0.05, 0.1) is 6.61 Å². The van der Waals surface area contributed by atoms with Crippen molar-refractivity contribution in [2.45, 2.75) is 106 Å². The van der Waals surface area contributed by atoms with Crippen molar-refractivity contribution >= 4 is 16.3 Å². The van der Waals surface area contributed by atoms with Gasteiger partial charge >= 0.3 is 0 Å². The Hall–Kier alpha value is -1.18. The molecule has 2 aliphatic carbocycles. The first kappa shape index (κ1) is 30.4. The third-order valence-corrected chi connectivity index (χ3v) is 10.2. The van der Waals surface area contributed by atoms with E-state index in [0.717, 1.165) is 50.6 Å². The Labute approximate surface area is 226 Å². The number of nitrogens with zero attached hydrogens (tertiary/aromatic N) is 1. The van der Waals surface area contributed by atoms with Crippen molar-refractivity contribution in [3.63, 3.8) is 0 Å². The van der Waals surface area contributed by atoms with Crippen LogP contribution in [0.25, 0.3) is 0 Å². The van der Waals surface area contributed by atoms with Crippen LogP contribution in [0.15, 0.2) is 23.3 Å². The molecular formula is C30H50NO5S-. The maximum absolute atomic E-state index is 12.8. The van der Waals surface area contributed by atoms with Crippen molar-refractivity contribution in [3.8, 4) is 0 Å². The maximum atomic E-state index is 12.8. The van der Waals surface area contributed by atoms with Gasteiger partial charge in [-0.3, -0.25) is 8.98 Å². The molecule has 1 heterocycles. The number of carbonyl (C=O) groups is 1. The molecule has 37 heavy (non-hydrogen) atoms. The van der Waals surface area contributed by atoms with Crippen molar-refractivity contribution in [3.05, 3.63) is 23.3 Å². The Bertz CT molecular complexity index is 966. The van der Waals surface area contributed by atoms with E-state index in [1.165, 1.54) is 19.3 Å². The van der Waals surface area contributed by atoms with E-state index in [4.69, 9.17) is 4.18 Å². The monoisotopic (exact) mass is 536 g/mol. The number of allylic oxidation sites excluding steroid dienone is 2. The van der Waals surface area contributed by atoms with E-state index in [1.807, 2.05) is 11.0 Å². The average molecular weight is 537 g/mol. The van der Waals surface area contributed by atoms with Gasteiger partial charge in [-0.2, -0.15) is 0 Å². The highest BCUT2D eigenvalue weighted by molar-refractivity contribution is 7.80. The molecule has 1 unspecified atom stereocenters. The Morgan fingerprint density at radius 3 is 2.54 bits per heavy atom. The first-order valence-corrected chi connectivity index (χ1v) is 15.9. The molecule has 1 saturated carbocycles. The lowest BCUT2D eigenvalue weighted by atomic mass is 9.52. The van der Waals surface area contributed by atoms with E-state index in [1.54, 1.807) is 5.57 Å². The molecule has 3 aliphatic rings. The maximum Gasteiger partial charge on any atom is 0.249 e. The van der Waals surface area contributed by atoms with Crippen LogP contribution in [0.2, 0.25) is 0 Å². The van der Waals surface area contributed by atoms with E-state index >= 15 is 0 Å². The van der Waals surface area contributed by atoms with Crippen LogP contribution in [0.5, 0.6) is 0 Å². The standard InChI is InChI=1S/C30H51NO5S/c1-22(2)15-19-31-20-16-25(28(31)32)10-7-9-24(21-36-37(33,34)35)14-18-30(6)23(3)12-13-26-27(30)11-8-17-29(26,4)5/h11,16,22-24,26H,7-10,12-15,17-21H2,1-6H3,(H,33,34,35)/p-1/t23-,24?,26-,30-/m1/s1. The molecule has 0 bridgehead atoms. The summed E-state index contributed by atoms with van der Waals surface area (Å²) >= 11 is 0. The molecule has 0 radical (unpaired) electrons. The predicted molar refractivity (Wildman–Crippen MR) is 147 cm³/mol. The van der Waals surface area contributed by atoms with Crippen molar-refractivity contribution in [2.75, 3.05) is 19.7 Å². The van der Waals surface area contributed by atoms with Gasteiger partial charge in [-0.05, 0) is 98.7 Å². The van der Waals surface area contributed by atoms with Crippen LogP contribution in [0.1, 0.15) is 106 Å². The van der Waals surface area contributed by atoms with E-state index in [9.17, 15) is 17.8 Å². The third-order valence-electron chi connectivity index (χ3n) is 9.78. The minimum Gasteiger partial charge on any atom is -0.726 e. The van der Waals surface area contributed by atoms with E-state index in [0.29, 0.717) is 36.1 Å². The van der Waals surface area contributed by atoms with E-state index in [2.05, 4.69) is 47.6 Å².